The Morgan fingerprint density at radius 2 is 1.22 bits per heavy atom. The molecule has 0 saturated carbocycles. The van der Waals surface area contributed by atoms with Gasteiger partial charge in [-0.3, -0.25) is 19.1 Å². The number of nitrogen functional groups attached to an aromatic ring is 2. The van der Waals surface area contributed by atoms with Crippen molar-refractivity contribution in [3.63, 3.8) is 0 Å². The summed E-state index contributed by atoms with van der Waals surface area (Å²) in [5.41, 5.74) is 11.2. The number of rotatable bonds is 4. The SMILES string of the molecule is COc1nc2c(N)[nH]c(=O)nc2n1Cn1c(OC)nc2c(N)[nH]c(=O)nc21. The zero-order valence-electron chi connectivity index (χ0n) is 14.2. The molecule has 6 N–H and O–H groups in total. The number of hydrogen-bond donors (Lipinski definition) is 4. The van der Waals surface area contributed by atoms with Crippen molar-refractivity contribution in [2.75, 3.05) is 25.7 Å². The van der Waals surface area contributed by atoms with Crippen molar-refractivity contribution in [3.8, 4) is 12.0 Å². The van der Waals surface area contributed by atoms with E-state index < -0.39 is 11.4 Å². The summed E-state index contributed by atoms with van der Waals surface area (Å²) in [5, 5.41) is 0. The Bertz CT molecular complexity index is 1200. The molecule has 0 spiro atoms. The standard InChI is InChI=1S/C13H14N10O4/c1-26-12-16-4-6(14)18-10(24)20-8(4)22(12)3-23-9-5(17-13(23)27-2)7(15)19-11(25)21-9/h3H2,1-2H3,(H3,14,18,20,24)(H3,15,19,21,25). The second-order valence-electron chi connectivity index (χ2n) is 5.45. The molecule has 0 aliphatic rings. The van der Waals surface area contributed by atoms with Crippen LogP contribution in [0.3, 0.4) is 0 Å². The Hall–Kier alpha value is -4.10. The van der Waals surface area contributed by atoms with Gasteiger partial charge in [-0.1, -0.05) is 0 Å². The van der Waals surface area contributed by atoms with Gasteiger partial charge in [0.1, 0.15) is 18.3 Å². The van der Waals surface area contributed by atoms with Gasteiger partial charge in [-0.2, -0.15) is 19.9 Å². The monoisotopic (exact) mass is 374 g/mol. The van der Waals surface area contributed by atoms with Crippen LogP contribution in [0.1, 0.15) is 0 Å². The summed E-state index contributed by atoms with van der Waals surface area (Å²) < 4.78 is 13.4. The molecule has 4 rings (SSSR count). The first-order valence-corrected chi connectivity index (χ1v) is 7.53. The molecule has 0 aromatic carbocycles. The van der Waals surface area contributed by atoms with E-state index in [1.165, 1.54) is 23.4 Å². The molecule has 140 valence electrons. The average Bonchev–Trinajstić information content (AvgIpc) is 3.14. The Morgan fingerprint density at radius 1 is 0.815 bits per heavy atom. The van der Waals surface area contributed by atoms with Crippen LogP contribution in [0.4, 0.5) is 11.6 Å². The van der Waals surface area contributed by atoms with Crippen LogP contribution in [0.5, 0.6) is 12.0 Å². The fourth-order valence-corrected chi connectivity index (χ4v) is 2.74. The van der Waals surface area contributed by atoms with E-state index in [0.717, 1.165) is 0 Å². The first-order chi connectivity index (χ1) is 12.9. The fraction of sp³-hybridized carbons (Fsp3) is 0.231. The predicted molar refractivity (Wildman–Crippen MR) is 93.6 cm³/mol. The first kappa shape index (κ1) is 16.4. The summed E-state index contributed by atoms with van der Waals surface area (Å²) in [6, 6.07) is 0.259. The Labute approximate surface area is 148 Å². The molecule has 0 aliphatic heterocycles. The number of aromatic amines is 2. The molecule has 14 heteroatoms. The molecule has 0 bridgehead atoms. The number of H-pyrrole nitrogens is 2. The summed E-state index contributed by atoms with van der Waals surface area (Å²) in [5.74, 6) is 0.0895. The van der Waals surface area contributed by atoms with Gasteiger partial charge in [0.05, 0.1) is 14.2 Å². The maximum Gasteiger partial charge on any atom is 0.348 e. The summed E-state index contributed by atoms with van der Waals surface area (Å²) in [6.45, 7) is -0.0366. The van der Waals surface area contributed by atoms with Crippen LogP contribution in [0, 0.1) is 0 Å². The molecule has 0 amide bonds. The molecule has 4 aromatic heterocycles. The number of nitrogens with one attached hydrogen (secondary N) is 2. The van der Waals surface area contributed by atoms with Gasteiger partial charge in [0.2, 0.25) is 0 Å². The lowest BCUT2D eigenvalue weighted by Crippen LogP contribution is -2.18. The molecule has 0 radical (unpaired) electrons. The highest BCUT2D eigenvalue weighted by molar-refractivity contribution is 5.83. The topological polar surface area (TPSA) is 198 Å². The third-order valence-electron chi connectivity index (χ3n) is 3.87. The number of fused-ring (bicyclic) bond motifs is 2. The molecular weight excluding hydrogens is 360 g/mol. The van der Waals surface area contributed by atoms with E-state index in [4.69, 9.17) is 20.9 Å². The summed E-state index contributed by atoms with van der Waals surface area (Å²) in [7, 11) is 2.81. The normalized spacial score (nSPS) is 11.3. The Kier molecular flexibility index (Phi) is 3.47. The highest BCUT2D eigenvalue weighted by atomic mass is 16.5. The second kappa shape index (κ2) is 5.72. The minimum atomic E-state index is -0.648. The van der Waals surface area contributed by atoms with Crippen molar-refractivity contribution in [3.05, 3.63) is 21.0 Å². The third-order valence-corrected chi connectivity index (χ3v) is 3.87. The van der Waals surface area contributed by atoms with Gasteiger partial charge in [-0.15, -0.1) is 0 Å². The number of aromatic nitrogens is 8. The lowest BCUT2D eigenvalue weighted by molar-refractivity contribution is 0.332. The maximum atomic E-state index is 11.7. The third kappa shape index (κ3) is 2.42. The minimum absolute atomic E-state index is 0.0366. The highest BCUT2D eigenvalue weighted by Gasteiger charge is 2.21. The van der Waals surface area contributed by atoms with Gasteiger partial charge < -0.3 is 20.9 Å². The van der Waals surface area contributed by atoms with Gasteiger partial charge in [-0.05, 0) is 0 Å². The summed E-state index contributed by atoms with van der Waals surface area (Å²) in [6.07, 6.45) is 0. The van der Waals surface area contributed by atoms with Crippen LogP contribution >= 0.6 is 0 Å². The van der Waals surface area contributed by atoms with Crippen LogP contribution in [-0.2, 0) is 6.67 Å². The molecule has 14 nitrogen and oxygen atoms in total. The molecule has 4 heterocycles. The lowest BCUT2D eigenvalue weighted by Gasteiger charge is -2.10. The van der Waals surface area contributed by atoms with E-state index in [0.29, 0.717) is 0 Å². The maximum absolute atomic E-state index is 11.7. The van der Waals surface area contributed by atoms with Crippen molar-refractivity contribution in [2.24, 2.45) is 0 Å². The summed E-state index contributed by atoms with van der Waals surface area (Å²) in [4.78, 5) is 44.4. The molecular formula is C13H14N10O4. The van der Waals surface area contributed by atoms with E-state index >= 15 is 0 Å². The van der Waals surface area contributed by atoms with Gasteiger partial charge in [0.25, 0.3) is 12.0 Å². The number of imidazole rings is 2. The second-order valence-corrected chi connectivity index (χ2v) is 5.45. The van der Waals surface area contributed by atoms with Crippen LogP contribution in [0.2, 0.25) is 0 Å². The first-order valence-electron chi connectivity index (χ1n) is 7.53. The van der Waals surface area contributed by atoms with Crippen LogP contribution in [-0.4, -0.2) is 53.3 Å². The predicted octanol–water partition coefficient (Wildman–Crippen LogP) is -1.76. The highest BCUT2D eigenvalue weighted by Crippen LogP contribution is 2.26. The van der Waals surface area contributed by atoms with Crippen molar-refractivity contribution < 1.29 is 9.47 Å². The Balaban J connectivity index is 2.00. The van der Waals surface area contributed by atoms with E-state index in [1.807, 2.05) is 0 Å². The number of nitrogens with two attached hydrogens (primary N) is 2. The van der Waals surface area contributed by atoms with E-state index in [1.54, 1.807) is 0 Å². The molecule has 0 saturated heterocycles. The minimum Gasteiger partial charge on any atom is -0.468 e. The Morgan fingerprint density at radius 3 is 1.59 bits per heavy atom. The number of ether oxygens (including phenoxy) is 2. The zero-order chi connectivity index (χ0) is 19.3. The quantitative estimate of drug-likeness (QED) is 0.317. The van der Waals surface area contributed by atoms with Crippen molar-refractivity contribution in [1.29, 1.82) is 0 Å². The average molecular weight is 374 g/mol. The van der Waals surface area contributed by atoms with Crippen molar-refractivity contribution in [2.45, 2.75) is 6.67 Å². The van der Waals surface area contributed by atoms with Gasteiger partial charge >= 0.3 is 11.4 Å². The smallest absolute Gasteiger partial charge is 0.348 e. The lowest BCUT2D eigenvalue weighted by atomic mass is 10.5. The van der Waals surface area contributed by atoms with Gasteiger partial charge in [0.15, 0.2) is 22.3 Å². The molecule has 0 unspecified atom stereocenters. The van der Waals surface area contributed by atoms with Gasteiger partial charge in [0, 0.05) is 0 Å². The van der Waals surface area contributed by atoms with Crippen LogP contribution < -0.4 is 32.3 Å². The molecule has 0 atom stereocenters. The number of nitrogens with zero attached hydrogens (tertiary/aromatic N) is 6. The van der Waals surface area contributed by atoms with E-state index in [-0.39, 0.29) is 52.7 Å². The van der Waals surface area contributed by atoms with Crippen LogP contribution in [0.15, 0.2) is 9.59 Å². The largest absolute Gasteiger partial charge is 0.468 e. The number of anilines is 2. The van der Waals surface area contributed by atoms with E-state index in [2.05, 4.69) is 29.9 Å². The summed E-state index contributed by atoms with van der Waals surface area (Å²) >= 11 is 0. The molecule has 0 fully saturated rings. The zero-order valence-corrected chi connectivity index (χ0v) is 14.2. The fourth-order valence-electron chi connectivity index (χ4n) is 2.74. The molecule has 27 heavy (non-hydrogen) atoms. The van der Waals surface area contributed by atoms with Crippen molar-refractivity contribution >= 4 is 34.0 Å². The van der Waals surface area contributed by atoms with E-state index in [9.17, 15) is 9.59 Å². The van der Waals surface area contributed by atoms with Crippen LogP contribution in [0.25, 0.3) is 22.3 Å². The molecule has 0 aliphatic carbocycles. The number of methoxy groups -OCH3 is 2. The number of hydrogen-bond acceptors (Lipinski definition) is 10. The molecule has 4 aromatic rings. The van der Waals surface area contributed by atoms with Crippen molar-refractivity contribution in [1.82, 2.24) is 39.0 Å². The van der Waals surface area contributed by atoms with Gasteiger partial charge in [-0.25, -0.2) is 9.59 Å².